The van der Waals surface area contributed by atoms with Crippen LogP contribution in [0.15, 0.2) is 0 Å². The van der Waals surface area contributed by atoms with E-state index in [1.807, 2.05) is 0 Å². The minimum atomic E-state index is -0.248. The number of aromatic nitrogens is 1. The van der Waals surface area contributed by atoms with E-state index >= 15 is 0 Å². The Morgan fingerprint density at radius 3 is 3.24 bits per heavy atom. The number of anilines is 1. The third-order valence-electron chi connectivity index (χ3n) is 3.06. The molecule has 0 bridgehead atoms. The van der Waals surface area contributed by atoms with E-state index in [0.717, 1.165) is 30.2 Å². The maximum absolute atomic E-state index is 11.9. The number of rotatable bonds is 2. The number of carbonyl (C=O) groups excluding carboxylic acids is 1. The van der Waals surface area contributed by atoms with Crippen LogP contribution in [0.1, 0.15) is 17.0 Å². The molecule has 3 rings (SSSR count). The zero-order valence-corrected chi connectivity index (χ0v) is 10.3. The highest BCUT2D eigenvalue weighted by Gasteiger charge is 2.23. The Hall–Kier alpha value is -0.980. The third kappa shape index (κ3) is 2.34. The molecular formula is C11H15N3O2S. The fourth-order valence-electron chi connectivity index (χ4n) is 2.17. The highest BCUT2D eigenvalue weighted by Crippen LogP contribution is 2.30. The highest BCUT2D eigenvalue weighted by molar-refractivity contribution is 7.15. The number of ether oxygens (including phenoxy) is 1. The molecule has 2 heterocycles. The van der Waals surface area contributed by atoms with Gasteiger partial charge in [-0.05, 0) is 19.3 Å². The Balaban J connectivity index is 1.63. The molecule has 1 aromatic rings. The van der Waals surface area contributed by atoms with Gasteiger partial charge in [-0.2, -0.15) is 0 Å². The number of amides is 1. The summed E-state index contributed by atoms with van der Waals surface area (Å²) < 4.78 is 5.26. The Morgan fingerprint density at radius 2 is 2.47 bits per heavy atom. The standard InChI is InChI=1S/C11H15N3O2S/c15-10(8-6-16-5-4-12-8)14-11-13-7-2-1-3-9(7)17-11/h8,12H,1-6H2,(H,13,14,15). The maximum Gasteiger partial charge on any atom is 0.245 e. The Morgan fingerprint density at radius 1 is 1.53 bits per heavy atom. The van der Waals surface area contributed by atoms with Gasteiger partial charge in [-0.3, -0.25) is 4.79 Å². The smallest absolute Gasteiger partial charge is 0.245 e. The molecule has 92 valence electrons. The molecule has 1 fully saturated rings. The average Bonchev–Trinajstić information content (AvgIpc) is 2.90. The SMILES string of the molecule is O=C(Nc1nc2c(s1)CCC2)C1COCCN1. The van der Waals surface area contributed by atoms with E-state index in [1.54, 1.807) is 11.3 Å². The molecule has 1 aliphatic carbocycles. The molecule has 1 aliphatic heterocycles. The molecule has 0 aromatic carbocycles. The van der Waals surface area contributed by atoms with Gasteiger partial charge in [-0.15, -0.1) is 11.3 Å². The van der Waals surface area contributed by atoms with Gasteiger partial charge in [0.25, 0.3) is 0 Å². The number of aryl methyl sites for hydroxylation is 2. The largest absolute Gasteiger partial charge is 0.378 e. The van der Waals surface area contributed by atoms with Crippen LogP contribution in [0.25, 0.3) is 0 Å². The number of morpholine rings is 1. The maximum atomic E-state index is 11.9. The van der Waals surface area contributed by atoms with Gasteiger partial charge >= 0.3 is 0 Å². The first-order valence-electron chi connectivity index (χ1n) is 5.93. The number of nitrogens with zero attached hydrogens (tertiary/aromatic N) is 1. The van der Waals surface area contributed by atoms with Crippen molar-refractivity contribution in [3.05, 3.63) is 10.6 Å². The van der Waals surface area contributed by atoms with Crippen LogP contribution in [0.3, 0.4) is 0 Å². The number of hydrogen-bond donors (Lipinski definition) is 2. The lowest BCUT2D eigenvalue weighted by atomic mass is 10.2. The molecule has 0 spiro atoms. The van der Waals surface area contributed by atoms with Crippen LogP contribution in [-0.2, 0) is 22.4 Å². The van der Waals surface area contributed by atoms with E-state index in [9.17, 15) is 4.79 Å². The van der Waals surface area contributed by atoms with Gasteiger partial charge in [0.1, 0.15) is 6.04 Å². The summed E-state index contributed by atoms with van der Waals surface area (Å²) in [6.07, 6.45) is 3.35. The van der Waals surface area contributed by atoms with Crippen LogP contribution in [0.2, 0.25) is 0 Å². The third-order valence-corrected chi connectivity index (χ3v) is 4.14. The summed E-state index contributed by atoms with van der Waals surface area (Å²) in [6, 6.07) is -0.248. The van der Waals surface area contributed by atoms with Gasteiger partial charge in [-0.1, -0.05) is 0 Å². The lowest BCUT2D eigenvalue weighted by Gasteiger charge is -2.22. The van der Waals surface area contributed by atoms with Crippen LogP contribution >= 0.6 is 11.3 Å². The molecule has 1 atom stereocenters. The Kier molecular flexibility index (Phi) is 3.09. The van der Waals surface area contributed by atoms with Crippen molar-refractivity contribution in [1.29, 1.82) is 0 Å². The second-order valence-corrected chi connectivity index (χ2v) is 5.40. The van der Waals surface area contributed by atoms with Crippen molar-refractivity contribution >= 4 is 22.4 Å². The van der Waals surface area contributed by atoms with E-state index in [1.165, 1.54) is 11.3 Å². The summed E-state index contributed by atoms with van der Waals surface area (Å²) in [5.41, 5.74) is 1.16. The minimum absolute atomic E-state index is 0.0443. The first-order chi connectivity index (χ1) is 8.33. The van der Waals surface area contributed by atoms with Crippen LogP contribution in [0.4, 0.5) is 5.13 Å². The van der Waals surface area contributed by atoms with Crippen molar-refractivity contribution in [1.82, 2.24) is 10.3 Å². The van der Waals surface area contributed by atoms with Gasteiger partial charge in [-0.25, -0.2) is 4.98 Å². The molecule has 1 aromatic heterocycles. The predicted octanol–water partition coefficient (Wildman–Crippen LogP) is 0.559. The normalized spacial score (nSPS) is 23.4. The van der Waals surface area contributed by atoms with Crippen molar-refractivity contribution in [3.63, 3.8) is 0 Å². The molecule has 5 nitrogen and oxygen atoms in total. The molecule has 17 heavy (non-hydrogen) atoms. The predicted molar refractivity (Wildman–Crippen MR) is 65.4 cm³/mol. The topological polar surface area (TPSA) is 63.2 Å². The Bertz CT molecular complexity index is 405. The number of carbonyl (C=O) groups is 1. The average molecular weight is 253 g/mol. The fraction of sp³-hybridized carbons (Fsp3) is 0.636. The zero-order chi connectivity index (χ0) is 11.7. The van der Waals surface area contributed by atoms with Gasteiger partial charge in [0.05, 0.1) is 18.9 Å². The van der Waals surface area contributed by atoms with E-state index in [4.69, 9.17) is 4.74 Å². The summed E-state index contributed by atoms with van der Waals surface area (Å²) in [5, 5.41) is 6.72. The molecule has 1 amide bonds. The molecule has 0 saturated carbocycles. The first kappa shape index (κ1) is 11.1. The van der Waals surface area contributed by atoms with Crippen LogP contribution in [0.5, 0.6) is 0 Å². The fourth-order valence-corrected chi connectivity index (χ4v) is 3.22. The van der Waals surface area contributed by atoms with Crippen molar-refractivity contribution in [2.24, 2.45) is 0 Å². The van der Waals surface area contributed by atoms with Crippen LogP contribution in [-0.4, -0.2) is 36.7 Å². The lowest BCUT2D eigenvalue weighted by molar-refractivity contribution is -0.120. The zero-order valence-electron chi connectivity index (χ0n) is 9.49. The van der Waals surface area contributed by atoms with Crippen molar-refractivity contribution in [2.75, 3.05) is 25.1 Å². The molecular weight excluding hydrogens is 238 g/mol. The molecule has 0 radical (unpaired) electrons. The quantitative estimate of drug-likeness (QED) is 0.808. The molecule has 2 aliphatic rings. The van der Waals surface area contributed by atoms with E-state index in [2.05, 4.69) is 15.6 Å². The second-order valence-electron chi connectivity index (χ2n) is 4.31. The van der Waals surface area contributed by atoms with E-state index < -0.39 is 0 Å². The van der Waals surface area contributed by atoms with Gasteiger partial charge in [0, 0.05) is 11.4 Å². The molecule has 6 heteroatoms. The Labute approximate surface area is 104 Å². The monoisotopic (exact) mass is 253 g/mol. The summed E-state index contributed by atoms with van der Waals surface area (Å²) in [4.78, 5) is 17.7. The summed E-state index contributed by atoms with van der Waals surface area (Å²) in [7, 11) is 0. The van der Waals surface area contributed by atoms with Crippen molar-refractivity contribution in [3.8, 4) is 0 Å². The van der Waals surface area contributed by atoms with E-state index in [-0.39, 0.29) is 11.9 Å². The minimum Gasteiger partial charge on any atom is -0.378 e. The molecule has 1 unspecified atom stereocenters. The van der Waals surface area contributed by atoms with Crippen molar-refractivity contribution < 1.29 is 9.53 Å². The van der Waals surface area contributed by atoms with Gasteiger partial charge < -0.3 is 15.4 Å². The summed E-state index contributed by atoms with van der Waals surface area (Å²) in [5.74, 6) is -0.0443. The van der Waals surface area contributed by atoms with Gasteiger partial charge in [0.15, 0.2) is 5.13 Å². The number of fused-ring (bicyclic) bond motifs is 1. The number of thiazole rings is 1. The first-order valence-corrected chi connectivity index (χ1v) is 6.75. The van der Waals surface area contributed by atoms with E-state index in [0.29, 0.717) is 13.2 Å². The molecule has 2 N–H and O–H groups in total. The lowest BCUT2D eigenvalue weighted by Crippen LogP contribution is -2.48. The number of nitrogens with one attached hydrogen (secondary N) is 2. The van der Waals surface area contributed by atoms with Crippen LogP contribution < -0.4 is 10.6 Å². The summed E-state index contributed by atoms with van der Waals surface area (Å²) >= 11 is 1.60. The highest BCUT2D eigenvalue weighted by atomic mass is 32.1. The number of hydrogen-bond acceptors (Lipinski definition) is 5. The van der Waals surface area contributed by atoms with Crippen molar-refractivity contribution in [2.45, 2.75) is 25.3 Å². The summed E-state index contributed by atoms with van der Waals surface area (Å²) in [6.45, 7) is 1.85. The van der Waals surface area contributed by atoms with Gasteiger partial charge in [0.2, 0.25) is 5.91 Å². The van der Waals surface area contributed by atoms with Crippen LogP contribution in [0, 0.1) is 0 Å². The second kappa shape index (κ2) is 4.72. The molecule has 1 saturated heterocycles.